The van der Waals surface area contributed by atoms with Gasteiger partial charge in [0.25, 0.3) is 5.91 Å². The lowest BCUT2D eigenvalue weighted by molar-refractivity contribution is 0.0781. The van der Waals surface area contributed by atoms with Crippen LogP contribution in [0, 0.1) is 0 Å². The summed E-state index contributed by atoms with van der Waals surface area (Å²) < 4.78 is 1.71. The Morgan fingerprint density at radius 1 is 1.50 bits per heavy atom. The zero-order valence-electron chi connectivity index (χ0n) is 9.04. The quantitative estimate of drug-likeness (QED) is 0.758. The minimum absolute atomic E-state index is 0.00979. The Bertz CT molecular complexity index is 404. The number of halogens is 2. The predicted octanol–water partition coefficient (Wildman–Crippen LogP) is 3.86. The van der Waals surface area contributed by atoms with Gasteiger partial charge in [0.2, 0.25) is 0 Å². The highest BCUT2D eigenvalue weighted by Crippen LogP contribution is 2.22. The fourth-order valence-corrected chi connectivity index (χ4v) is 2.12. The van der Waals surface area contributed by atoms with Crippen LogP contribution in [0.25, 0.3) is 0 Å². The van der Waals surface area contributed by atoms with Gasteiger partial charge in [-0.2, -0.15) is 0 Å². The molecule has 0 aliphatic carbocycles. The van der Waals surface area contributed by atoms with E-state index in [2.05, 4.69) is 38.4 Å². The van der Waals surface area contributed by atoms with Crippen molar-refractivity contribution in [3.8, 4) is 0 Å². The maximum Gasteiger partial charge on any atom is 0.255 e. The summed E-state index contributed by atoms with van der Waals surface area (Å²) in [7, 11) is 0. The molecule has 0 heterocycles. The molecule has 0 atom stereocenters. The largest absolute Gasteiger partial charge is 0.335 e. The highest BCUT2D eigenvalue weighted by molar-refractivity contribution is 9.11. The smallest absolute Gasteiger partial charge is 0.255 e. The van der Waals surface area contributed by atoms with Crippen molar-refractivity contribution < 1.29 is 4.79 Å². The van der Waals surface area contributed by atoms with E-state index in [0.29, 0.717) is 18.7 Å². The van der Waals surface area contributed by atoms with E-state index in [1.807, 2.05) is 25.1 Å². The van der Waals surface area contributed by atoms with Crippen LogP contribution in [0.3, 0.4) is 0 Å². The van der Waals surface area contributed by atoms with E-state index < -0.39 is 0 Å². The van der Waals surface area contributed by atoms with Crippen LogP contribution in [0.15, 0.2) is 39.8 Å². The molecule has 0 saturated heterocycles. The number of nitrogens with zero attached hydrogens (tertiary/aromatic N) is 1. The van der Waals surface area contributed by atoms with E-state index in [4.69, 9.17) is 0 Å². The molecule has 1 amide bonds. The third-order valence-corrected chi connectivity index (χ3v) is 3.36. The van der Waals surface area contributed by atoms with Crippen molar-refractivity contribution in [2.75, 3.05) is 13.1 Å². The second-order valence-corrected chi connectivity index (χ2v) is 5.03. The van der Waals surface area contributed by atoms with E-state index >= 15 is 0 Å². The highest BCUT2D eigenvalue weighted by Gasteiger charge is 2.15. The van der Waals surface area contributed by atoms with Gasteiger partial charge >= 0.3 is 0 Å². The molecule has 0 aliphatic heterocycles. The van der Waals surface area contributed by atoms with Gasteiger partial charge in [-0.25, -0.2) is 0 Å². The van der Waals surface area contributed by atoms with Crippen LogP contribution in [-0.4, -0.2) is 23.9 Å². The van der Waals surface area contributed by atoms with Gasteiger partial charge in [-0.1, -0.05) is 22.0 Å². The number of carbonyl (C=O) groups excluding carboxylic acids is 1. The summed E-state index contributed by atoms with van der Waals surface area (Å²) in [4.78, 5) is 13.9. The van der Waals surface area contributed by atoms with Crippen molar-refractivity contribution in [3.05, 3.63) is 45.4 Å². The lowest BCUT2D eigenvalue weighted by Crippen LogP contribution is -2.31. The number of carbonyl (C=O) groups is 1. The van der Waals surface area contributed by atoms with Gasteiger partial charge in [-0.3, -0.25) is 4.79 Å². The van der Waals surface area contributed by atoms with E-state index in [1.165, 1.54) is 0 Å². The van der Waals surface area contributed by atoms with E-state index in [1.54, 1.807) is 11.0 Å². The topological polar surface area (TPSA) is 20.3 Å². The molecule has 0 N–H and O–H groups in total. The molecule has 0 aromatic heterocycles. The number of likely N-dealkylation sites (N-methyl/N-ethyl adjacent to an activating group) is 1. The monoisotopic (exact) mass is 345 g/mol. The third kappa shape index (κ3) is 3.19. The molecule has 0 spiro atoms. The first-order valence-electron chi connectivity index (χ1n) is 4.95. The summed E-state index contributed by atoms with van der Waals surface area (Å²) in [5.41, 5.74) is 0.665. The van der Waals surface area contributed by atoms with Crippen LogP contribution >= 0.6 is 31.9 Å². The Morgan fingerprint density at radius 3 is 2.75 bits per heavy atom. The van der Waals surface area contributed by atoms with Crippen molar-refractivity contribution in [1.29, 1.82) is 0 Å². The summed E-state index contributed by atoms with van der Waals surface area (Å²) in [6.45, 7) is 6.84. The second kappa shape index (κ2) is 6.21. The van der Waals surface area contributed by atoms with Crippen molar-refractivity contribution in [1.82, 2.24) is 4.90 Å². The average molecular weight is 347 g/mol. The Labute approximate surface area is 113 Å². The van der Waals surface area contributed by atoms with Gasteiger partial charge in [-0.15, -0.1) is 6.58 Å². The van der Waals surface area contributed by atoms with Gasteiger partial charge in [0.1, 0.15) is 0 Å². The summed E-state index contributed by atoms with van der Waals surface area (Å²) in [6, 6.07) is 5.57. The molecule has 0 bridgehead atoms. The molecule has 1 rings (SSSR count). The fourth-order valence-electron chi connectivity index (χ4n) is 1.34. The molecule has 16 heavy (non-hydrogen) atoms. The average Bonchev–Trinajstić information content (AvgIpc) is 2.28. The van der Waals surface area contributed by atoms with Crippen LogP contribution in [0.5, 0.6) is 0 Å². The van der Waals surface area contributed by atoms with Gasteiger partial charge in [0.15, 0.2) is 0 Å². The fraction of sp³-hybridized carbons (Fsp3) is 0.250. The Hall–Kier alpha value is -0.610. The maximum absolute atomic E-state index is 12.2. The molecule has 0 aliphatic rings. The van der Waals surface area contributed by atoms with Gasteiger partial charge in [-0.05, 0) is 41.1 Å². The summed E-state index contributed by atoms with van der Waals surface area (Å²) in [5.74, 6) is 0.00979. The van der Waals surface area contributed by atoms with Crippen molar-refractivity contribution in [3.63, 3.8) is 0 Å². The Morgan fingerprint density at radius 2 is 2.19 bits per heavy atom. The van der Waals surface area contributed by atoms with Crippen molar-refractivity contribution in [2.24, 2.45) is 0 Å². The molecule has 4 heteroatoms. The first-order chi connectivity index (χ1) is 7.60. The molecular weight excluding hydrogens is 334 g/mol. The van der Waals surface area contributed by atoms with Crippen molar-refractivity contribution >= 4 is 37.8 Å². The molecule has 86 valence electrons. The van der Waals surface area contributed by atoms with Crippen LogP contribution < -0.4 is 0 Å². The first kappa shape index (κ1) is 13.5. The summed E-state index contributed by atoms with van der Waals surface area (Å²) >= 11 is 6.75. The lowest BCUT2D eigenvalue weighted by atomic mass is 10.2. The van der Waals surface area contributed by atoms with Crippen LogP contribution in [0.4, 0.5) is 0 Å². The molecule has 2 nitrogen and oxygen atoms in total. The van der Waals surface area contributed by atoms with Gasteiger partial charge in [0.05, 0.1) is 5.56 Å². The molecule has 0 radical (unpaired) electrons. The zero-order valence-corrected chi connectivity index (χ0v) is 12.2. The minimum Gasteiger partial charge on any atom is -0.335 e. The second-order valence-electron chi connectivity index (χ2n) is 3.26. The zero-order chi connectivity index (χ0) is 12.1. The summed E-state index contributed by atoms with van der Waals surface area (Å²) in [5, 5.41) is 0. The standard InChI is InChI=1S/C12H13Br2NO/c1-3-7-15(4-2)12(16)10-8-9(13)5-6-11(10)14/h3,5-6,8H,1,4,7H2,2H3. The molecular formula is C12H13Br2NO. The van der Waals surface area contributed by atoms with E-state index in [9.17, 15) is 4.79 Å². The molecule has 0 unspecified atom stereocenters. The molecule has 0 saturated carbocycles. The molecule has 1 aromatic carbocycles. The normalized spacial score (nSPS) is 9.94. The Kier molecular flexibility index (Phi) is 5.22. The van der Waals surface area contributed by atoms with Crippen LogP contribution in [0.2, 0.25) is 0 Å². The number of amides is 1. The third-order valence-electron chi connectivity index (χ3n) is 2.18. The van der Waals surface area contributed by atoms with Crippen molar-refractivity contribution in [2.45, 2.75) is 6.92 Å². The summed E-state index contributed by atoms with van der Waals surface area (Å²) in [6.07, 6.45) is 1.73. The van der Waals surface area contributed by atoms with Gasteiger partial charge < -0.3 is 4.90 Å². The Balaban J connectivity index is 3.02. The SMILES string of the molecule is C=CCN(CC)C(=O)c1cc(Br)ccc1Br. The van der Waals surface area contributed by atoms with Crippen LogP contribution in [0.1, 0.15) is 17.3 Å². The lowest BCUT2D eigenvalue weighted by Gasteiger charge is -2.19. The number of benzene rings is 1. The number of hydrogen-bond acceptors (Lipinski definition) is 1. The predicted molar refractivity (Wildman–Crippen MR) is 73.6 cm³/mol. The highest BCUT2D eigenvalue weighted by atomic mass is 79.9. The minimum atomic E-state index is 0.00979. The first-order valence-corrected chi connectivity index (χ1v) is 6.54. The molecule has 0 fully saturated rings. The van der Waals surface area contributed by atoms with Gasteiger partial charge in [0, 0.05) is 22.0 Å². The number of hydrogen-bond donors (Lipinski definition) is 0. The van der Waals surface area contributed by atoms with E-state index in [-0.39, 0.29) is 5.91 Å². The number of rotatable bonds is 4. The molecule has 1 aromatic rings. The van der Waals surface area contributed by atoms with E-state index in [0.717, 1.165) is 8.95 Å². The maximum atomic E-state index is 12.2. The van der Waals surface area contributed by atoms with Crippen LogP contribution in [-0.2, 0) is 0 Å².